The van der Waals surface area contributed by atoms with Gasteiger partial charge in [-0.05, 0) is 80.8 Å². The second kappa shape index (κ2) is 10.8. The standard InChI is InChI=1S/C44H29NO/c1-2-11-30(12-3-1)31-23-26-35(27-24-31)45(36-17-8-16-34(29-36)38-20-9-15-32-13-4-6-18-37(32)38)41-21-10-22-42-43(41)40-28-25-33-14-5-7-19-39(33)44(40)46-42/h1-29H/i1D,2D,3D,11D,12D,23D,24D,26D,27D. The van der Waals surface area contributed by atoms with E-state index in [1.165, 1.54) is 0 Å². The van der Waals surface area contributed by atoms with Crippen molar-refractivity contribution in [1.82, 2.24) is 0 Å². The summed E-state index contributed by atoms with van der Waals surface area (Å²) >= 11 is 0. The van der Waals surface area contributed by atoms with E-state index in [0.29, 0.717) is 27.9 Å². The van der Waals surface area contributed by atoms with E-state index in [2.05, 4.69) is 6.07 Å². The highest BCUT2D eigenvalue weighted by Gasteiger charge is 2.21. The van der Waals surface area contributed by atoms with Crippen LogP contribution in [0.3, 0.4) is 0 Å². The average molecular weight is 597 g/mol. The number of nitrogens with zero attached hydrogens (tertiary/aromatic N) is 1. The zero-order chi connectivity index (χ0) is 38.3. The summed E-state index contributed by atoms with van der Waals surface area (Å²) < 4.78 is 85.8. The molecule has 1 aromatic heterocycles. The van der Waals surface area contributed by atoms with Gasteiger partial charge in [-0.25, -0.2) is 0 Å². The molecule has 0 aliphatic heterocycles. The fourth-order valence-corrected chi connectivity index (χ4v) is 6.32. The predicted molar refractivity (Wildman–Crippen MR) is 194 cm³/mol. The molecule has 9 rings (SSSR count). The molecule has 0 aliphatic rings. The summed E-state index contributed by atoms with van der Waals surface area (Å²) in [6.07, 6.45) is 0. The van der Waals surface area contributed by atoms with Gasteiger partial charge in [0, 0.05) is 22.1 Å². The molecule has 9 aromatic rings. The van der Waals surface area contributed by atoms with Crippen molar-refractivity contribution in [2.75, 3.05) is 4.90 Å². The minimum atomic E-state index is -0.630. The Hall–Kier alpha value is -6.12. The summed E-state index contributed by atoms with van der Waals surface area (Å²) in [6, 6.07) is 34.2. The van der Waals surface area contributed by atoms with Crippen molar-refractivity contribution in [1.29, 1.82) is 0 Å². The van der Waals surface area contributed by atoms with Crippen LogP contribution >= 0.6 is 0 Å². The molecule has 2 nitrogen and oxygen atoms in total. The van der Waals surface area contributed by atoms with Gasteiger partial charge in [-0.2, -0.15) is 0 Å². The largest absolute Gasteiger partial charge is 0.455 e. The number of hydrogen-bond donors (Lipinski definition) is 0. The Morgan fingerprint density at radius 2 is 1.17 bits per heavy atom. The zero-order valence-corrected chi connectivity index (χ0v) is 24.4. The molecule has 0 saturated carbocycles. The number of hydrogen-bond acceptors (Lipinski definition) is 2. The van der Waals surface area contributed by atoms with E-state index in [1.54, 1.807) is 4.90 Å². The van der Waals surface area contributed by atoms with Gasteiger partial charge < -0.3 is 9.32 Å². The number of rotatable bonds is 5. The number of fused-ring (bicyclic) bond motifs is 6. The zero-order valence-electron chi connectivity index (χ0n) is 33.4. The number of benzene rings is 8. The van der Waals surface area contributed by atoms with Crippen LogP contribution in [0, 0.1) is 0 Å². The molecular formula is C44H29NO. The van der Waals surface area contributed by atoms with Crippen LogP contribution in [0.15, 0.2) is 180 Å². The Balaban J connectivity index is 1.37. The van der Waals surface area contributed by atoms with Gasteiger partial charge in [-0.1, -0.05) is 133 Å². The summed E-state index contributed by atoms with van der Waals surface area (Å²) in [4.78, 5) is 1.70. The van der Waals surface area contributed by atoms with Gasteiger partial charge in [-0.3, -0.25) is 0 Å². The molecule has 8 aromatic carbocycles. The number of furan rings is 1. The SMILES string of the molecule is [2H]c1c([2H])c([2H])c(-c2c([2H])c([2H])c(N(c3cccc(-c4cccc5ccccc45)c3)c3cccc4oc5c6ccccc6ccc5c34)c([2H])c2[2H])c([2H])c1[2H]. The lowest BCUT2D eigenvalue weighted by atomic mass is 9.97. The van der Waals surface area contributed by atoms with Gasteiger partial charge in [0.05, 0.1) is 23.4 Å². The molecule has 0 saturated heterocycles. The first kappa shape index (κ1) is 18.6. The molecule has 0 unspecified atom stereocenters. The minimum Gasteiger partial charge on any atom is -0.455 e. The molecule has 0 atom stereocenters. The van der Waals surface area contributed by atoms with Crippen LogP contribution in [0.25, 0.3) is 65.7 Å². The predicted octanol–water partition coefficient (Wildman–Crippen LogP) is 12.7. The Bertz CT molecular complexity index is 3000. The lowest BCUT2D eigenvalue weighted by molar-refractivity contribution is 0.672. The van der Waals surface area contributed by atoms with Crippen molar-refractivity contribution in [3.8, 4) is 22.3 Å². The van der Waals surface area contributed by atoms with Gasteiger partial charge in [0.15, 0.2) is 0 Å². The molecule has 2 heteroatoms. The Morgan fingerprint density at radius 1 is 0.478 bits per heavy atom. The quantitative estimate of drug-likeness (QED) is 0.196. The highest BCUT2D eigenvalue weighted by molar-refractivity contribution is 6.19. The molecule has 0 radical (unpaired) electrons. The van der Waals surface area contributed by atoms with Crippen molar-refractivity contribution in [3.05, 3.63) is 176 Å². The molecular weight excluding hydrogens is 558 g/mol. The third-order valence-electron chi connectivity index (χ3n) is 8.40. The molecule has 0 N–H and O–H groups in total. The Morgan fingerprint density at radius 3 is 2.02 bits per heavy atom. The van der Waals surface area contributed by atoms with E-state index in [9.17, 15) is 5.48 Å². The van der Waals surface area contributed by atoms with Gasteiger partial charge in [0.1, 0.15) is 11.2 Å². The summed E-state index contributed by atoms with van der Waals surface area (Å²) in [6.45, 7) is 0. The molecule has 216 valence electrons. The average Bonchev–Trinajstić information content (AvgIpc) is 3.61. The minimum absolute atomic E-state index is 0.0798. The molecule has 0 amide bonds. The van der Waals surface area contributed by atoms with Gasteiger partial charge in [0.25, 0.3) is 0 Å². The highest BCUT2D eigenvalue weighted by Crippen LogP contribution is 2.45. The first-order valence-corrected chi connectivity index (χ1v) is 15.0. The summed E-state index contributed by atoms with van der Waals surface area (Å²) in [5.41, 5.74) is 3.29. The fourth-order valence-electron chi connectivity index (χ4n) is 6.32. The maximum Gasteiger partial charge on any atom is 0.143 e. The number of anilines is 3. The van der Waals surface area contributed by atoms with E-state index < -0.39 is 59.9 Å². The van der Waals surface area contributed by atoms with Crippen molar-refractivity contribution in [3.63, 3.8) is 0 Å². The van der Waals surface area contributed by atoms with E-state index in [4.69, 9.17) is 11.3 Å². The second-order valence-corrected chi connectivity index (χ2v) is 11.1. The maximum absolute atomic E-state index is 9.50. The van der Waals surface area contributed by atoms with Crippen molar-refractivity contribution < 1.29 is 16.8 Å². The van der Waals surface area contributed by atoms with Crippen LogP contribution in [0.2, 0.25) is 0 Å². The van der Waals surface area contributed by atoms with Crippen LogP contribution in [-0.2, 0) is 0 Å². The van der Waals surface area contributed by atoms with Crippen molar-refractivity contribution in [2.24, 2.45) is 0 Å². The maximum atomic E-state index is 9.50. The molecule has 0 fully saturated rings. The van der Waals surface area contributed by atoms with Crippen LogP contribution in [-0.4, -0.2) is 0 Å². The normalized spacial score (nSPS) is 14.2. The first-order chi connectivity index (χ1) is 26.6. The molecule has 1 heterocycles. The second-order valence-electron chi connectivity index (χ2n) is 11.1. The smallest absolute Gasteiger partial charge is 0.143 e. The summed E-state index contributed by atoms with van der Waals surface area (Å²) in [5.74, 6) is 0. The van der Waals surface area contributed by atoms with Crippen LogP contribution < -0.4 is 4.90 Å². The summed E-state index contributed by atoms with van der Waals surface area (Å²) in [5, 5.41) is 5.51. The van der Waals surface area contributed by atoms with E-state index >= 15 is 0 Å². The third-order valence-corrected chi connectivity index (χ3v) is 8.40. The third kappa shape index (κ3) is 4.35. The summed E-state index contributed by atoms with van der Waals surface area (Å²) in [7, 11) is 0. The lowest BCUT2D eigenvalue weighted by Gasteiger charge is -2.27. The van der Waals surface area contributed by atoms with Crippen LogP contribution in [0.5, 0.6) is 0 Å². The Labute approximate surface area is 280 Å². The molecule has 0 aliphatic carbocycles. The van der Waals surface area contributed by atoms with Crippen molar-refractivity contribution in [2.45, 2.75) is 0 Å². The topological polar surface area (TPSA) is 16.4 Å². The van der Waals surface area contributed by atoms with Crippen LogP contribution in [0.1, 0.15) is 12.3 Å². The molecule has 46 heavy (non-hydrogen) atoms. The first-order valence-electron chi connectivity index (χ1n) is 19.5. The van der Waals surface area contributed by atoms with Gasteiger partial charge in [-0.15, -0.1) is 0 Å². The Kier molecular flexibility index (Phi) is 4.37. The van der Waals surface area contributed by atoms with Gasteiger partial charge in [0.2, 0.25) is 0 Å². The highest BCUT2D eigenvalue weighted by atomic mass is 16.3. The fraction of sp³-hybridized carbons (Fsp3) is 0. The molecule has 0 bridgehead atoms. The van der Waals surface area contributed by atoms with Crippen molar-refractivity contribution >= 4 is 60.5 Å². The monoisotopic (exact) mass is 596 g/mol. The van der Waals surface area contributed by atoms with E-state index in [0.717, 1.165) is 38.1 Å². The lowest BCUT2D eigenvalue weighted by Crippen LogP contribution is -2.10. The van der Waals surface area contributed by atoms with Gasteiger partial charge >= 0.3 is 0 Å². The molecule has 0 spiro atoms. The van der Waals surface area contributed by atoms with E-state index in [-0.39, 0.29) is 11.3 Å². The van der Waals surface area contributed by atoms with E-state index in [1.807, 2.05) is 115 Å². The van der Waals surface area contributed by atoms with Crippen LogP contribution in [0.4, 0.5) is 17.1 Å².